The quantitative estimate of drug-likeness (QED) is 0.122. The van der Waals surface area contributed by atoms with Gasteiger partial charge in [-0.15, -0.1) is 11.3 Å². The van der Waals surface area contributed by atoms with E-state index in [0.717, 1.165) is 24.8 Å². The number of hydrogen-bond acceptors (Lipinski definition) is 11. The van der Waals surface area contributed by atoms with Gasteiger partial charge in [0.2, 0.25) is 0 Å². The molecule has 3 aliphatic heterocycles. The maximum Gasteiger partial charge on any atom is 0.407 e. The van der Waals surface area contributed by atoms with E-state index in [9.17, 15) is 18.7 Å². The number of halogens is 4. The highest BCUT2D eigenvalue weighted by Gasteiger charge is 2.70. The van der Waals surface area contributed by atoms with Crippen LogP contribution in [-0.4, -0.2) is 97.2 Å². The number of aromatic nitrogens is 5. The predicted octanol–water partition coefficient (Wildman–Crippen LogP) is 8.04. The van der Waals surface area contributed by atoms with E-state index in [1.54, 1.807) is 42.2 Å². The molecule has 1 saturated carbocycles. The van der Waals surface area contributed by atoms with E-state index < -0.39 is 49.3 Å². The second kappa shape index (κ2) is 14.8. The van der Waals surface area contributed by atoms with E-state index in [1.165, 1.54) is 22.4 Å². The Morgan fingerprint density at radius 2 is 1.92 bits per heavy atom. The maximum absolute atomic E-state index is 15.1. The monoisotopic (exact) mass is 833 g/mol. The van der Waals surface area contributed by atoms with Gasteiger partial charge in [-0.3, -0.25) is 9.88 Å². The van der Waals surface area contributed by atoms with Crippen molar-refractivity contribution in [3.05, 3.63) is 71.8 Å². The Morgan fingerprint density at radius 1 is 1.08 bits per heavy atom. The minimum atomic E-state index is -3.17. The SMILES string of the molecule is Cc1cc2c(cnn2C2CCCCO2)c(-c2nc(C3NCC4CCC3N4C(=O)O)c3c(n2)sc2cncc(OCC4(OCc5ccccc5)C(F)C4F)c23)c1OC(F)F. The minimum absolute atomic E-state index is 0.0263. The molecule has 2 aromatic carbocycles. The molecule has 0 spiro atoms. The zero-order valence-corrected chi connectivity index (χ0v) is 32.5. The number of amides is 1. The molecule has 1 amide bonds. The van der Waals surface area contributed by atoms with E-state index in [1.807, 2.05) is 18.2 Å². The molecule has 59 heavy (non-hydrogen) atoms. The Labute approximate surface area is 338 Å². The van der Waals surface area contributed by atoms with Crippen molar-refractivity contribution >= 4 is 48.6 Å². The van der Waals surface area contributed by atoms with E-state index >= 15 is 8.78 Å². The Bertz CT molecular complexity index is 2560. The molecular weight excluding hydrogens is 795 g/mol. The lowest BCUT2D eigenvalue weighted by molar-refractivity contribution is -0.0499. The van der Waals surface area contributed by atoms with Crippen LogP contribution in [0.3, 0.4) is 0 Å². The zero-order valence-electron chi connectivity index (χ0n) is 31.7. The summed E-state index contributed by atoms with van der Waals surface area (Å²) in [5.41, 5.74) is 0.529. The summed E-state index contributed by atoms with van der Waals surface area (Å²) >= 11 is 1.24. The van der Waals surface area contributed by atoms with Crippen LogP contribution >= 0.6 is 11.3 Å². The van der Waals surface area contributed by atoms with Crippen LogP contribution in [0.25, 0.3) is 42.6 Å². The van der Waals surface area contributed by atoms with Gasteiger partial charge in [0.05, 0.1) is 52.6 Å². The second-order valence-electron chi connectivity index (χ2n) is 15.5. The number of fused-ring (bicyclic) bond motifs is 6. The van der Waals surface area contributed by atoms with Crippen molar-refractivity contribution in [3.63, 3.8) is 0 Å². The smallest absolute Gasteiger partial charge is 0.407 e. The van der Waals surface area contributed by atoms with Crippen LogP contribution in [0.4, 0.5) is 22.4 Å². The average molecular weight is 834 g/mol. The Balaban J connectivity index is 1.14. The standard InChI is InChI=1S/C41H39F4N7O6S/c1-20-13-25-23(15-48-52(25)28-9-5-6-12-55-28)29(34(20)58-39(44)45)37-49-33(32-24-11-10-22(14-47-32)51(24)40(53)54)31-30-26(16-46-17-27(30)59-38(31)50-37)56-19-41(35(42)36(41)43)57-18-21-7-3-2-4-8-21/h2-4,7-8,13,15-17,22,24,28,32,35-36,39,47H,5-6,9-12,14,18-19H2,1H3,(H,53,54). The van der Waals surface area contributed by atoms with Gasteiger partial charge in [0.25, 0.3) is 0 Å². The van der Waals surface area contributed by atoms with Crippen LogP contribution in [0, 0.1) is 6.92 Å². The Morgan fingerprint density at radius 3 is 2.66 bits per heavy atom. The molecule has 3 saturated heterocycles. The highest BCUT2D eigenvalue weighted by molar-refractivity contribution is 7.25. The third-order valence-corrected chi connectivity index (χ3v) is 13.1. The average Bonchev–Trinajstić information content (AvgIpc) is 3.67. The normalized spacial score (nSPS) is 26.6. The summed E-state index contributed by atoms with van der Waals surface area (Å²) < 4.78 is 84.3. The molecule has 18 heteroatoms. The molecule has 4 fully saturated rings. The summed E-state index contributed by atoms with van der Waals surface area (Å²) in [4.78, 5) is 29.1. The molecule has 10 rings (SSSR count). The summed E-state index contributed by atoms with van der Waals surface area (Å²) in [6.45, 7) is -1.08. The van der Waals surface area contributed by atoms with E-state index in [2.05, 4.69) is 15.4 Å². The van der Waals surface area contributed by atoms with Crippen molar-refractivity contribution in [1.29, 1.82) is 0 Å². The fourth-order valence-electron chi connectivity index (χ4n) is 9.06. The molecule has 0 radical (unpaired) electrons. The number of nitrogens with zero attached hydrogens (tertiary/aromatic N) is 6. The van der Waals surface area contributed by atoms with E-state index in [0.29, 0.717) is 68.5 Å². The van der Waals surface area contributed by atoms with Crippen LogP contribution in [0.2, 0.25) is 0 Å². The van der Waals surface area contributed by atoms with Crippen molar-refractivity contribution in [2.75, 3.05) is 19.8 Å². The molecule has 2 bridgehead atoms. The Kier molecular flexibility index (Phi) is 9.57. The number of thiophene rings is 1. The number of aryl methyl sites for hydroxylation is 1. The summed E-state index contributed by atoms with van der Waals surface area (Å²) in [6.07, 6.45) is 3.16. The minimum Gasteiger partial charge on any atom is -0.488 e. The van der Waals surface area contributed by atoms with Gasteiger partial charge in [-0.25, -0.2) is 28.2 Å². The van der Waals surface area contributed by atoms with E-state index in [-0.39, 0.29) is 41.8 Å². The first-order valence-corrected chi connectivity index (χ1v) is 20.4. The van der Waals surface area contributed by atoms with Gasteiger partial charge in [0, 0.05) is 41.5 Å². The van der Waals surface area contributed by atoms with Crippen molar-refractivity contribution in [2.24, 2.45) is 0 Å². The van der Waals surface area contributed by atoms with Crippen molar-refractivity contribution in [1.82, 2.24) is 34.9 Å². The van der Waals surface area contributed by atoms with Crippen molar-refractivity contribution in [3.8, 4) is 22.9 Å². The molecule has 2 N–H and O–H groups in total. The van der Waals surface area contributed by atoms with Crippen LogP contribution < -0.4 is 14.8 Å². The highest BCUT2D eigenvalue weighted by Crippen LogP contribution is 2.50. The third-order valence-electron chi connectivity index (χ3n) is 12.0. The molecule has 6 unspecified atom stereocenters. The molecule has 13 nitrogen and oxygen atoms in total. The van der Waals surface area contributed by atoms with Crippen molar-refractivity contribution in [2.45, 2.75) is 94.5 Å². The van der Waals surface area contributed by atoms with Crippen LogP contribution in [0.5, 0.6) is 11.5 Å². The van der Waals surface area contributed by atoms with Crippen LogP contribution in [0.15, 0.2) is 55.0 Å². The number of carboxylic acid groups (broad SMARTS) is 1. The second-order valence-corrected chi connectivity index (χ2v) is 16.6. The first-order chi connectivity index (χ1) is 28.6. The molecule has 7 heterocycles. The summed E-state index contributed by atoms with van der Waals surface area (Å²) in [5, 5.41) is 20.0. The van der Waals surface area contributed by atoms with Crippen molar-refractivity contribution < 1.29 is 46.4 Å². The van der Waals surface area contributed by atoms with Gasteiger partial charge in [0.15, 0.2) is 30.0 Å². The molecule has 6 atom stereocenters. The number of hydrogen-bond donors (Lipinski definition) is 2. The van der Waals surface area contributed by atoms with Gasteiger partial charge in [-0.2, -0.15) is 13.9 Å². The number of pyridine rings is 1. The number of alkyl halides is 4. The molecule has 4 aliphatic rings. The highest BCUT2D eigenvalue weighted by atomic mass is 32.1. The van der Waals surface area contributed by atoms with Crippen LogP contribution in [-0.2, 0) is 16.1 Å². The Hall–Kier alpha value is -5.17. The molecule has 1 aliphatic carbocycles. The molecule has 6 aromatic rings. The fourth-order valence-corrected chi connectivity index (χ4v) is 10.1. The summed E-state index contributed by atoms with van der Waals surface area (Å²) in [5.74, 6) is 0.146. The third kappa shape index (κ3) is 6.42. The summed E-state index contributed by atoms with van der Waals surface area (Å²) in [6, 6.07) is 9.36. The molecule has 4 aromatic heterocycles. The number of piperazine rings is 1. The van der Waals surface area contributed by atoms with Gasteiger partial charge in [0.1, 0.15) is 22.9 Å². The zero-order chi connectivity index (χ0) is 40.6. The van der Waals surface area contributed by atoms with E-state index in [4.69, 9.17) is 28.9 Å². The van der Waals surface area contributed by atoms with Gasteiger partial charge in [-0.1, -0.05) is 30.3 Å². The number of benzene rings is 2. The van der Waals surface area contributed by atoms with Gasteiger partial charge in [-0.05, 0) is 56.2 Å². The lowest BCUT2D eigenvalue weighted by Gasteiger charge is -2.39. The number of ether oxygens (including phenoxy) is 4. The van der Waals surface area contributed by atoms with Crippen LogP contribution in [0.1, 0.15) is 61.2 Å². The van der Waals surface area contributed by atoms with Gasteiger partial charge >= 0.3 is 12.7 Å². The summed E-state index contributed by atoms with van der Waals surface area (Å²) in [7, 11) is 0. The topological polar surface area (TPSA) is 146 Å². The molecular formula is C41H39F4N7O6S. The lowest BCUT2D eigenvalue weighted by atomic mass is 9.97. The predicted molar refractivity (Wildman–Crippen MR) is 208 cm³/mol. The number of nitrogens with one attached hydrogen (secondary N) is 1. The fraction of sp³-hybridized carbons (Fsp3) is 0.439. The number of carbonyl (C=O) groups is 1. The maximum atomic E-state index is 15.1. The van der Waals surface area contributed by atoms with Gasteiger partial charge < -0.3 is 29.4 Å². The lowest BCUT2D eigenvalue weighted by Crippen LogP contribution is -2.55. The first-order valence-electron chi connectivity index (χ1n) is 19.6. The molecule has 308 valence electrons. The number of rotatable bonds is 11. The largest absolute Gasteiger partial charge is 0.488 e. The first kappa shape index (κ1) is 38.1.